The number of nitrogens with one attached hydrogen (secondary N) is 1. The molecule has 0 radical (unpaired) electrons. The molecular weight excluding hydrogens is 250 g/mol. The van der Waals surface area contributed by atoms with Gasteiger partial charge in [-0.15, -0.1) is 0 Å². The minimum Gasteiger partial charge on any atom is -0.382 e. The van der Waals surface area contributed by atoms with Crippen molar-refractivity contribution in [2.24, 2.45) is 0 Å². The average Bonchev–Trinajstić information content (AvgIpc) is 2.89. The van der Waals surface area contributed by atoms with Gasteiger partial charge in [0.2, 0.25) is 0 Å². The number of aliphatic hydroxyl groups is 1. The molecule has 2 rings (SSSR count). The first kappa shape index (κ1) is 14.4. The summed E-state index contributed by atoms with van der Waals surface area (Å²) >= 11 is 0. The van der Waals surface area contributed by atoms with Crippen LogP contribution in [-0.4, -0.2) is 55.3 Å². The van der Waals surface area contributed by atoms with Gasteiger partial charge >= 0.3 is 0 Å². The molecule has 108 valence electrons. The maximum absolute atomic E-state index is 10.4. The van der Waals surface area contributed by atoms with Crippen molar-refractivity contribution in [3.63, 3.8) is 0 Å². The molecule has 0 aromatic carbocycles. The van der Waals surface area contributed by atoms with E-state index in [1.165, 1.54) is 0 Å². The van der Waals surface area contributed by atoms with E-state index in [0.29, 0.717) is 50.9 Å². The van der Waals surface area contributed by atoms with E-state index in [1.807, 2.05) is 0 Å². The quantitative estimate of drug-likeness (QED) is 0.666. The molecule has 1 aliphatic rings. The molecule has 19 heavy (non-hydrogen) atoms. The molecule has 1 aliphatic heterocycles. The van der Waals surface area contributed by atoms with Crippen molar-refractivity contribution in [2.45, 2.75) is 24.9 Å². The second-order valence-electron chi connectivity index (χ2n) is 4.68. The van der Waals surface area contributed by atoms with Crippen LogP contribution in [0.15, 0.2) is 4.52 Å². The number of hydrogen-bond acceptors (Lipinski definition) is 7. The molecule has 0 spiro atoms. The zero-order valence-corrected chi connectivity index (χ0v) is 11.2. The predicted molar refractivity (Wildman–Crippen MR) is 66.7 cm³/mol. The predicted octanol–water partition coefficient (Wildman–Crippen LogP) is -0.154. The van der Waals surface area contributed by atoms with Crippen molar-refractivity contribution in [1.29, 1.82) is 0 Å². The fourth-order valence-corrected chi connectivity index (χ4v) is 2.02. The lowest BCUT2D eigenvalue weighted by molar-refractivity contribution is -0.0167. The van der Waals surface area contributed by atoms with Gasteiger partial charge in [0, 0.05) is 20.1 Å². The first-order valence-corrected chi connectivity index (χ1v) is 6.57. The van der Waals surface area contributed by atoms with Gasteiger partial charge < -0.3 is 24.4 Å². The first-order chi connectivity index (χ1) is 9.24. The normalized spacial score (nSPS) is 23.7. The Morgan fingerprint density at radius 2 is 2.32 bits per heavy atom. The van der Waals surface area contributed by atoms with Crippen molar-refractivity contribution >= 4 is 0 Å². The summed E-state index contributed by atoms with van der Waals surface area (Å²) in [6.07, 6.45) is 2.11. The van der Waals surface area contributed by atoms with Gasteiger partial charge in [0.05, 0.1) is 19.8 Å². The minimum absolute atomic E-state index is 0.298. The summed E-state index contributed by atoms with van der Waals surface area (Å²) < 4.78 is 15.4. The van der Waals surface area contributed by atoms with Gasteiger partial charge in [0.1, 0.15) is 0 Å². The van der Waals surface area contributed by atoms with E-state index in [0.717, 1.165) is 13.0 Å². The number of piperidine rings is 1. The molecule has 0 bridgehead atoms. The Morgan fingerprint density at radius 3 is 3.05 bits per heavy atom. The van der Waals surface area contributed by atoms with E-state index in [2.05, 4.69) is 15.5 Å². The third-order valence-electron chi connectivity index (χ3n) is 3.13. The molecule has 1 unspecified atom stereocenters. The maximum atomic E-state index is 10.4. The van der Waals surface area contributed by atoms with E-state index in [-0.39, 0.29) is 0 Å². The summed E-state index contributed by atoms with van der Waals surface area (Å²) in [7, 11) is 1.63. The molecule has 0 aliphatic carbocycles. The molecule has 0 amide bonds. The summed E-state index contributed by atoms with van der Waals surface area (Å²) in [6, 6.07) is 0. The highest BCUT2D eigenvalue weighted by Gasteiger charge is 2.36. The maximum Gasteiger partial charge on any atom is 0.259 e. The van der Waals surface area contributed by atoms with Gasteiger partial charge in [0.25, 0.3) is 5.89 Å². The fourth-order valence-electron chi connectivity index (χ4n) is 2.02. The number of rotatable bonds is 7. The lowest BCUT2D eigenvalue weighted by atomic mass is 9.94. The molecule has 2 heterocycles. The number of β-amino-alcohol motifs (C(OH)–C–C–N with tert-alkyl or cyclic N) is 1. The topological polar surface area (TPSA) is 89.6 Å². The molecule has 7 nitrogen and oxygen atoms in total. The smallest absolute Gasteiger partial charge is 0.259 e. The van der Waals surface area contributed by atoms with Gasteiger partial charge in [-0.05, 0) is 19.4 Å². The number of hydrogen-bond donors (Lipinski definition) is 2. The minimum atomic E-state index is -1.03. The van der Waals surface area contributed by atoms with Gasteiger partial charge in [-0.3, -0.25) is 0 Å². The fraction of sp³-hybridized carbons (Fsp3) is 0.833. The zero-order valence-electron chi connectivity index (χ0n) is 11.2. The highest BCUT2D eigenvalue weighted by Crippen LogP contribution is 2.26. The third-order valence-corrected chi connectivity index (χ3v) is 3.13. The van der Waals surface area contributed by atoms with Crippen molar-refractivity contribution in [3.8, 4) is 0 Å². The second-order valence-corrected chi connectivity index (χ2v) is 4.68. The SMILES string of the molecule is COCCOCCc1noc(C2(O)CCCNC2)n1. The molecule has 7 heteroatoms. The molecule has 2 N–H and O–H groups in total. The van der Waals surface area contributed by atoms with Crippen LogP contribution < -0.4 is 5.32 Å². The number of nitrogens with zero attached hydrogens (tertiary/aromatic N) is 2. The van der Waals surface area contributed by atoms with Gasteiger partial charge in [0.15, 0.2) is 11.4 Å². The van der Waals surface area contributed by atoms with E-state index in [1.54, 1.807) is 7.11 Å². The van der Waals surface area contributed by atoms with Crippen LogP contribution in [0.1, 0.15) is 24.6 Å². The summed E-state index contributed by atoms with van der Waals surface area (Å²) in [6.45, 7) is 3.01. The molecule has 1 saturated heterocycles. The van der Waals surface area contributed by atoms with Crippen LogP contribution in [0.25, 0.3) is 0 Å². The van der Waals surface area contributed by atoms with Crippen LogP contribution in [-0.2, 0) is 21.5 Å². The molecular formula is C12H21N3O4. The zero-order chi connectivity index (χ0) is 13.6. The van der Waals surface area contributed by atoms with Crippen LogP contribution in [0.3, 0.4) is 0 Å². The Balaban J connectivity index is 1.81. The largest absolute Gasteiger partial charge is 0.382 e. The summed E-state index contributed by atoms with van der Waals surface area (Å²) in [5, 5.41) is 17.4. The Hall–Kier alpha value is -1.02. The summed E-state index contributed by atoms with van der Waals surface area (Å²) in [4.78, 5) is 4.24. The van der Waals surface area contributed by atoms with Crippen LogP contribution >= 0.6 is 0 Å². The molecule has 0 saturated carbocycles. The van der Waals surface area contributed by atoms with Crippen molar-refractivity contribution in [2.75, 3.05) is 40.0 Å². The molecule has 1 aromatic rings. The van der Waals surface area contributed by atoms with Crippen molar-refractivity contribution in [3.05, 3.63) is 11.7 Å². The number of ether oxygens (including phenoxy) is 2. The first-order valence-electron chi connectivity index (χ1n) is 6.57. The van der Waals surface area contributed by atoms with Gasteiger partial charge in [-0.2, -0.15) is 4.98 Å². The van der Waals surface area contributed by atoms with Crippen LogP contribution in [0, 0.1) is 0 Å². The van der Waals surface area contributed by atoms with Crippen molar-refractivity contribution < 1.29 is 19.1 Å². The van der Waals surface area contributed by atoms with Crippen LogP contribution in [0.5, 0.6) is 0 Å². The molecule has 1 fully saturated rings. The van der Waals surface area contributed by atoms with Crippen LogP contribution in [0.2, 0.25) is 0 Å². The summed E-state index contributed by atoms with van der Waals surface area (Å²) in [5.74, 6) is 0.859. The molecule has 1 atom stereocenters. The Labute approximate surface area is 112 Å². The number of methoxy groups -OCH3 is 1. The van der Waals surface area contributed by atoms with Crippen LogP contribution in [0.4, 0.5) is 0 Å². The average molecular weight is 271 g/mol. The van der Waals surface area contributed by atoms with Gasteiger partial charge in [-0.1, -0.05) is 5.16 Å². The standard InChI is InChI=1S/C12H21N3O4/c1-17-7-8-18-6-3-10-14-11(19-15-10)12(16)4-2-5-13-9-12/h13,16H,2-9H2,1H3. The molecule has 1 aromatic heterocycles. The van der Waals surface area contributed by atoms with Gasteiger partial charge in [-0.25, -0.2) is 0 Å². The second kappa shape index (κ2) is 6.95. The van der Waals surface area contributed by atoms with Crippen molar-refractivity contribution in [1.82, 2.24) is 15.5 Å². The Kier molecular flexibility index (Phi) is 5.26. The monoisotopic (exact) mass is 271 g/mol. The summed E-state index contributed by atoms with van der Waals surface area (Å²) in [5.41, 5.74) is -1.03. The third kappa shape index (κ3) is 3.97. The highest BCUT2D eigenvalue weighted by molar-refractivity contribution is 5.02. The Morgan fingerprint density at radius 1 is 1.42 bits per heavy atom. The highest BCUT2D eigenvalue weighted by atomic mass is 16.5. The van der Waals surface area contributed by atoms with E-state index < -0.39 is 5.60 Å². The lowest BCUT2D eigenvalue weighted by Gasteiger charge is -2.28. The van der Waals surface area contributed by atoms with E-state index in [4.69, 9.17) is 14.0 Å². The lowest BCUT2D eigenvalue weighted by Crippen LogP contribution is -2.43. The van der Waals surface area contributed by atoms with E-state index >= 15 is 0 Å². The number of aromatic nitrogens is 2. The van der Waals surface area contributed by atoms with E-state index in [9.17, 15) is 5.11 Å². The Bertz CT molecular complexity index is 377.